The fraction of sp³-hybridized carbons (Fsp3) is 0.917. The lowest BCUT2D eigenvalue weighted by Crippen LogP contribution is -2.44. The van der Waals surface area contributed by atoms with E-state index in [-0.39, 0.29) is 0 Å². The zero-order valence-corrected chi connectivity index (χ0v) is 9.96. The highest BCUT2D eigenvalue weighted by atomic mass is 16.4. The van der Waals surface area contributed by atoms with E-state index >= 15 is 0 Å². The molecule has 0 spiro atoms. The summed E-state index contributed by atoms with van der Waals surface area (Å²) in [5.41, 5.74) is -0.695. The first-order valence-electron chi connectivity index (χ1n) is 6.32. The predicted octanol–water partition coefficient (Wildman–Crippen LogP) is 0.971. The molecule has 0 aromatic carbocycles. The van der Waals surface area contributed by atoms with Crippen molar-refractivity contribution in [2.75, 3.05) is 13.1 Å². The number of rotatable bonds is 3. The third kappa shape index (κ3) is 2.55. The van der Waals surface area contributed by atoms with Crippen molar-refractivity contribution >= 4 is 5.97 Å². The molecule has 0 bridgehead atoms. The molecule has 4 heteroatoms. The van der Waals surface area contributed by atoms with Gasteiger partial charge in [-0.05, 0) is 51.6 Å². The lowest BCUT2D eigenvalue weighted by molar-refractivity contribution is -0.143. The van der Waals surface area contributed by atoms with Gasteiger partial charge in [-0.15, -0.1) is 0 Å². The van der Waals surface area contributed by atoms with Crippen molar-refractivity contribution in [3.05, 3.63) is 0 Å². The maximum atomic E-state index is 11.1. The van der Waals surface area contributed by atoms with Gasteiger partial charge < -0.3 is 15.7 Å². The van der Waals surface area contributed by atoms with Crippen LogP contribution in [0.15, 0.2) is 0 Å². The van der Waals surface area contributed by atoms with Crippen molar-refractivity contribution in [3.8, 4) is 0 Å². The third-order valence-electron chi connectivity index (χ3n) is 3.98. The van der Waals surface area contributed by atoms with E-state index in [2.05, 4.69) is 10.6 Å². The van der Waals surface area contributed by atoms with Crippen LogP contribution >= 0.6 is 0 Å². The lowest BCUT2D eigenvalue weighted by Gasteiger charge is -2.26. The number of carboxylic acids is 1. The molecule has 3 unspecified atom stereocenters. The number of nitrogens with one attached hydrogen (secondary N) is 2. The monoisotopic (exact) mass is 226 g/mol. The summed E-state index contributed by atoms with van der Waals surface area (Å²) in [5, 5.41) is 15.8. The van der Waals surface area contributed by atoms with E-state index in [4.69, 9.17) is 5.11 Å². The van der Waals surface area contributed by atoms with Crippen LogP contribution < -0.4 is 10.6 Å². The minimum Gasteiger partial charge on any atom is -0.480 e. The second-order valence-electron chi connectivity index (χ2n) is 5.47. The van der Waals surface area contributed by atoms with Crippen LogP contribution in [0.2, 0.25) is 0 Å². The minimum absolute atomic E-state index is 0.511. The van der Waals surface area contributed by atoms with Crippen LogP contribution in [0.5, 0.6) is 0 Å². The maximum absolute atomic E-state index is 11.1. The predicted molar refractivity (Wildman–Crippen MR) is 62.4 cm³/mol. The van der Waals surface area contributed by atoms with Gasteiger partial charge in [0.1, 0.15) is 5.54 Å². The van der Waals surface area contributed by atoms with Crippen molar-refractivity contribution in [2.45, 2.75) is 50.6 Å². The Labute approximate surface area is 96.8 Å². The van der Waals surface area contributed by atoms with E-state index in [1.54, 1.807) is 6.92 Å². The minimum atomic E-state index is -0.716. The number of aliphatic carboxylic acids is 1. The normalized spacial score (nSPS) is 39.8. The summed E-state index contributed by atoms with van der Waals surface area (Å²) in [6, 6.07) is 0.608. The van der Waals surface area contributed by atoms with Crippen molar-refractivity contribution in [2.24, 2.45) is 5.92 Å². The SMILES string of the molecule is CC1(C(=O)O)CC(CC2CCCCN2)CN1. The zero-order valence-electron chi connectivity index (χ0n) is 9.96. The molecule has 0 radical (unpaired) electrons. The first-order valence-corrected chi connectivity index (χ1v) is 6.32. The summed E-state index contributed by atoms with van der Waals surface area (Å²) >= 11 is 0. The van der Waals surface area contributed by atoms with Crippen molar-refractivity contribution < 1.29 is 9.90 Å². The average Bonchev–Trinajstić information content (AvgIpc) is 2.63. The van der Waals surface area contributed by atoms with Gasteiger partial charge in [0.25, 0.3) is 0 Å². The van der Waals surface area contributed by atoms with Crippen LogP contribution in [0.25, 0.3) is 0 Å². The highest BCUT2D eigenvalue weighted by molar-refractivity contribution is 5.78. The fourth-order valence-electron chi connectivity index (χ4n) is 2.95. The third-order valence-corrected chi connectivity index (χ3v) is 3.98. The Bertz CT molecular complexity index is 264. The maximum Gasteiger partial charge on any atom is 0.323 e. The fourth-order valence-corrected chi connectivity index (χ4v) is 2.95. The summed E-state index contributed by atoms with van der Waals surface area (Å²) in [7, 11) is 0. The second kappa shape index (κ2) is 4.72. The first kappa shape index (κ1) is 11.9. The molecule has 0 aromatic rings. The molecule has 16 heavy (non-hydrogen) atoms. The van der Waals surface area contributed by atoms with E-state index in [0.29, 0.717) is 12.0 Å². The molecule has 0 amide bonds. The molecule has 0 aliphatic carbocycles. The van der Waals surface area contributed by atoms with Crippen molar-refractivity contribution in [1.82, 2.24) is 10.6 Å². The Balaban J connectivity index is 1.82. The summed E-state index contributed by atoms with van der Waals surface area (Å²) in [6.45, 7) is 3.77. The van der Waals surface area contributed by atoms with E-state index in [1.807, 2.05) is 0 Å². The van der Waals surface area contributed by atoms with Gasteiger partial charge in [-0.1, -0.05) is 6.42 Å². The second-order valence-corrected chi connectivity index (χ2v) is 5.47. The van der Waals surface area contributed by atoms with E-state index in [1.165, 1.54) is 19.3 Å². The zero-order chi connectivity index (χ0) is 11.6. The van der Waals surface area contributed by atoms with Gasteiger partial charge in [0.15, 0.2) is 0 Å². The van der Waals surface area contributed by atoms with Crippen LogP contribution in [0, 0.1) is 5.92 Å². The largest absolute Gasteiger partial charge is 0.480 e. The lowest BCUT2D eigenvalue weighted by atomic mass is 9.88. The van der Waals surface area contributed by atoms with Crippen LogP contribution in [0.1, 0.15) is 39.0 Å². The van der Waals surface area contributed by atoms with Crippen LogP contribution in [-0.4, -0.2) is 35.7 Å². The molecule has 3 atom stereocenters. The number of carbonyl (C=O) groups is 1. The van der Waals surface area contributed by atoms with Crippen LogP contribution in [-0.2, 0) is 4.79 Å². The topological polar surface area (TPSA) is 61.4 Å². The molecular weight excluding hydrogens is 204 g/mol. The molecule has 2 fully saturated rings. The molecule has 2 saturated heterocycles. The summed E-state index contributed by atoms with van der Waals surface area (Å²) in [4.78, 5) is 11.1. The Morgan fingerprint density at radius 1 is 1.50 bits per heavy atom. The van der Waals surface area contributed by atoms with E-state index in [9.17, 15) is 4.79 Å². The molecule has 2 aliphatic rings. The highest BCUT2D eigenvalue weighted by Crippen LogP contribution is 2.28. The molecule has 0 aromatic heterocycles. The quantitative estimate of drug-likeness (QED) is 0.671. The standard InChI is InChI=1S/C12H22N2O2/c1-12(11(15)16)7-9(8-14-12)6-10-4-2-3-5-13-10/h9-10,13-14H,2-8H2,1H3,(H,15,16). The first-order chi connectivity index (χ1) is 7.60. The van der Waals surface area contributed by atoms with Gasteiger partial charge >= 0.3 is 5.97 Å². The Kier molecular flexibility index (Phi) is 3.50. The smallest absolute Gasteiger partial charge is 0.323 e. The Hall–Kier alpha value is -0.610. The Morgan fingerprint density at radius 2 is 2.31 bits per heavy atom. The number of carboxylic acid groups (broad SMARTS) is 1. The summed E-state index contributed by atoms with van der Waals surface area (Å²) in [6.07, 6.45) is 5.73. The van der Waals surface area contributed by atoms with Crippen molar-refractivity contribution in [1.29, 1.82) is 0 Å². The summed E-state index contributed by atoms with van der Waals surface area (Å²) in [5.74, 6) is -0.205. The van der Waals surface area contributed by atoms with Crippen molar-refractivity contribution in [3.63, 3.8) is 0 Å². The van der Waals surface area contributed by atoms with Gasteiger partial charge in [-0.2, -0.15) is 0 Å². The molecule has 2 rings (SSSR count). The van der Waals surface area contributed by atoms with Crippen LogP contribution in [0.3, 0.4) is 0 Å². The number of hydrogen-bond acceptors (Lipinski definition) is 3. The van der Waals surface area contributed by atoms with Gasteiger partial charge in [0, 0.05) is 6.04 Å². The molecular formula is C12H22N2O2. The van der Waals surface area contributed by atoms with Gasteiger partial charge in [-0.3, -0.25) is 4.79 Å². The average molecular weight is 226 g/mol. The van der Waals surface area contributed by atoms with Gasteiger partial charge in [-0.25, -0.2) is 0 Å². The van der Waals surface area contributed by atoms with Crippen LogP contribution in [0.4, 0.5) is 0 Å². The molecule has 92 valence electrons. The number of piperidine rings is 1. The highest BCUT2D eigenvalue weighted by Gasteiger charge is 2.41. The van der Waals surface area contributed by atoms with E-state index in [0.717, 1.165) is 25.9 Å². The molecule has 0 saturated carbocycles. The molecule has 2 aliphatic heterocycles. The number of hydrogen-bond donors (Lipinski definition) is 3. The molecule has 3 N–H and O–H groups in total. The molecule has 2 heterocycles. The Morgan fingerprint density at radius 3 is 2.88 bits per heavy atom. The summed E-state index contributed by atoms with van der Waals surface area (Å²) < 4.78 is 0. The molecule has 4 nitrogen and oxygen atoms in total. The van der Waals surface area contributed by atoms with Gasteiger partial charge in [0.2, 0.25) is 0 Å². The van der Waals surface area contributed by atoms with E-state index < -0.39 is 11.5 Å². The van der Waals surface area contributed by atoms with Gasteiger partial charge in [0.05, 0.1) is 0 Å².